The van der Waals surface area contributed by atoms with Crippen molar-refractivity contribution in [3.63, 3.8) is 0 Å². The first-order valence-electron chi connectivity index (χ1n) is 7.06. The Morgan fingerprint density at radius 1 is 1.55 bits per heavy atom. The number of imidazole rings is 1. The average molecular weight is 269 g/mol. The molecular formula is C15H19N5. The number of aromatic amines is 2. The molecule has 2 N–H and O–H groups in total. The van der Waals surface area contributed by atoms with Crippen molar-refractivity contribution in [3.8, 4) is 6.07 Å². The van der Waals surface area contributed by atoms with Crippen LogP contribution < -0.4 is 0 Å². The van der Waals surface area contributed by atoms with E-state index in [9.17, 15) is 0 Å². The lowest BCUT2D eigenvalue weighted by atomic mass is 9.97. The molecule has 0 spiro atoms. The molecule has 20 heavy (non-hydrogen) atoms. The van der Waals surface area contributed by atoms with Gasteiger partial charge >= 0.3 is 0 Å². The number of nitrogens with one attached hydrogen (secondary N) is 2. The van der Waals surface area contributed by atoms with E-state index in [4.69, 9.17) is 5.26 Å². The molecule has 1 aliphatic rings. The molecule has 1 fully saturated rings. The van der Waals surface area contributed by atoms with Gasteiger partial charge in [0.1, 0.15) is 11.9 Å². The summed E-state index contributed by atoms with van der Waals surface area (Å²) in [6.07, 6.45) is 6.09. The third kappa shape index (κ3) is 2.61. The first-order chi connectivity index (χ1) is 9.76. The van der Waals surface area contributed by atoms with E-state index in [1.807, 2.05) is 25.4 Å². The largest absolute Gasteiger partial charge is 0.360 e. The number of nitrogens with zero attached hydrogens (tertiary/aromatic N) is 3. The number of nitriles is 1. The molecule has 5 heteroatoms. The molecular weight excluding hydrogens is 250 g/mol. The van der Waals surface area contributed by atoms with Crippen molar-refractivity contribution in [2.45, 2.75) is 32.2 Å². The highest BCUT2D eigenvalue weighted by atomic mass is 15.1. The average Bonchev–Trinajstić information content (AvgIpc) is 3.09. The number of piperidine rings is 1. The summed E-state index contributed by atoms with van der Waals surface area (Å²) < 4.78 is 0. The molecule has 0 saturated carbocycles. The van der Waals surface area contributed by atoms with Crippen molar-refractivity contribution >= 4 is 0 Å². The Balaban J connectivity index is 1.67. The molecule has 0 amide bonds. The molecule has 2 aromatic rings. The molecule has 1 atom stereocenters. The maximum absolute atomic E-state index is 9.01. The standard InChI is InChI=1S/C15H19N5/c1-11-13(8-16)7-14(19-11)10-20-6-2-3-12(9-20)15-17-4-5-18-15/h4-5,7,12,19H,2-3,6,9-10H2,1H3,(H,17,18). The fourth-order valence-corrected chi connectivity index (χ4v) is 2.99. The van der Waals surface area contributed by atoms with E-state index in [1.165, 1.54) is 12.8 Å². The Morgan fingerprint density at radius 2 is 2.45 bits per heavy atom. The first kappa shape index (κ1) is 12.9. The molecule has 1 unspecified atom stereocenters. The molecule has 3 heterocycles. The van der Waals surface area contributed by atoms with Crippen LogP contribution in [-0.2, 0) is 6.54 Å². The van der Waals surface area contributed by atoms with Gasteiger partial charge in [0.25, 0.3) is 0 Å². The summed E-state index contributed by atoms with van der Waals surface area (Å²) in [7, 11) is 0. The van der Waals surface area contributed by atoms with Crippen LogP contribution in [-0.4, -0.2) is 32.9 Å². The molecule has 0 radical (unpaired) electrons. The fourth-order valence-electron chi connectivity index (χ4n) is 2.99. The Morgan fingerprint density at radius 3 is 3.15 bits per heavy atom. The van der Waals surface area contributed by atoms with Crippen molar-refractivity contribution in [1.29, 1.82) is 5.26 Å². The number of rotatable bonds is 3. The second-order valence-corrected chi connectivity index (χ2v) is 5.49. The summed E-state index contributed by atoms with van der Waals surface area (Å²) in [6.45, 7) is 4.95. The van der Waals surface area contributed by atoms with Crippen molar-refractivity contribution in [3.05, 3.63) is 41.2 Å². The van der Waals surface area contributed by atoms with Crippen LogP contribution in [0.4, 0.5) is 0 Å². The molecule has 0 bridgehead atoms. The predicted molar refractivity (Wildman–Crippen MR) is 76.1 cm³/mol. The minimum absolute atomic E-state index is 0.491. The van der Waals surface area contributed by atoms with Crippen LogP contribution in [0, 0.1) is 18.3 Å². The minimum atomic E-state index is 0.491. The van der Waals surface area contributed by atoms with Gasteiger partial charge in [0.05, 0.1) is 5.56 Å². The van der Waals surface area contributed by atoms with E-state index in [0.29, 0.717) is 5.92 Å². The molecule has 5 nitrogen and oxygen atoms in total. The number of likely N-dealkylation sites (tertiary alicyclic amines) is 1. The van der Waals surface area contributed by atoms with Crippen LogP contribution in [0.1, 0.15) is 41.5 Å². The van der Waals surface area contributed by atoms with Gasteiger partial charge in [-0.1, -0.05) is 0 Å². The van der Waals surface area contributed by atoms with Gasteiger partial charge in [-0.15, -0.1) is 0 Å². The Hall–Kier alpha value is -2.06. The van der Waals surface area contributed by atoms with E-state index in [1.54, 1.807) is 0 Å². The number of hydrogen-bond acceptors (Lipinski definition) is 3. The zero-order chi connectivity index (χ0) is 13.9. The van der Waals surface area contributed by atoms with Gasteiger partial charge in [-0.3, -0.25) is 4.90 Å². The lowest BCUT2D eigenvalue weighted by Gasteiger charge is -2.31. The third-order valence-corrected chi connectivity index (χ3v) is 4.00. The SMILES string of the molecule is Cc1[nH]c(CN2CCCC(c3ncc[nH]3)C2)cc1C#N. The Bertz CT molecular complexity index is 605. The number of hydrogen-bond donors (Lipinski definition) is 2. The fraction of sp³-hybridized carbons (Fsp3) is 0.467. The third-order valence-electron chi connectivity index (χ3n) is 4.00. The second kappa shape index (κ2) is 5.51. The van der Waals surface area contributed by atoms with Crippen molar-refractivity contribution in [2.24, 2.45) is 0 Å². The maximum atomic E-state index is 9.01. The van der Waals surface area contributed by atoms with E-state index >= 15 is 0 Å². The smallest absolute Gasteiger partial charge is 0.110 e. The Labute approximate surface area is 118 Å². The molecule has 0 aromatic carbocycles. The summed E-state index contributed by atoms with van der Waals surface area (Å²) in [4.78, 5) is 13.3. The van der Waals surface area contributed by atoms with Crippen LogP contribution in [0.15, 0.2) is 18.5 Å². The highest BCUT2D eigenvalue weighted by Crippen LogP contribution is 2.25. The van der Waals surface area contributed by atoms with Crippen LogP contribution >= 0.6 is 0 Å². The van der Waals surface area contributed by atoms with Gasteiger partial charge in [0.2, 0.25) is 0 Å². The zero-order valence-corrected chi connectivity index (χ0v) is 11.7. The molecule has 2 aromatic heterocycles. The minimum Gasteiger partial charge on any atom is -0.360 e. The molecule has 3 rings (SSSR count). The first-order valence-corrected chi connectivity index (χ1v) is 7.06. The maximum Gasteiger partial charge on any atom is 0.110 e. The van der Waals surface area contributed by atoms with E-state index in [2.05, 4.69) is 25.9 Å². The van der Waals surface area contributed by atoms with Crippen LogP contribution in [0.5, 0.6) is 0 Å². The Kier molecular flexibility index (Phi) is 3.57. The summed E-state index contributed by atoms with van der Waals surface area (Å²) >= 11 is 0. The van der Waals surface area contributed by atoms with Crippen molar-refractivity contribution in [2.75, 3.05) is 13.1 Å². The predicted octanol–water partition coefficient (Wildman–Crippen LogP) is 2.30. The lowest BCUT2D eigenvalue weighted by Crippen LogP contribution is -2.34. The summed E-state index contributed by atoms with van der Waals surface area (Å²) in [5.41, 5.74) is 2.83. The van der Waals surface area contributed by atoms with Gasteiger partial charge < -0.3 is 9.97 Å². The summed E-state index contributed by atoms with van der Waals surface area (Å²) in [5, 5.41) is 9.01. The molecule has 1 saturated heterocycles. The highest BCUT2D eigenvalue weighted by molar-refractivity contribution is 5.35. The normalized spacial score (nSPS) is 19.9. The van der Waals surface area contributed by atoms with Crippen LogP contribution in [0.2, 0.25) is 0 Å². The number of aryl methyl sites for hydroxylation is 1. The quantitative estimate of drug-likeness (QED) is 0.898. The highest BCUT2D eigenvalue weighted by Gasteiger charge is 2.23. The van der Waals surface area contributed by atoms with Crippen molar-refractivity contribution < 1.29 is 0 Å². The van der Waals surface area contributed by atoms with Gasteiger partial charge in [0, 0.05) is 42.8 Å². The van der Waals surface area contributed by atoms with E-state index in [-0.39, 0.29) is 0 Å². The zero-order valence-electron chi connectivity index (χ0n) is 11.7. The van der Waals surface area contributed by atoms with Crippen molar-refractivity contribution in [1.82, 2.24) is 19.9 Å². The number of aromatic nitrogens is 3. The molecule has 104 valence electrons. The van der Waals surface area contributed by atoms with Gasteiger partial charge in [-0.2, -0.15) is 5.26 Å². The molecule has 1 aliphatic heterocycles. The second-order valence-electron chi connectivity index (χ2n) is 5.49. The van der Waals surface area contributed by atoms with Gasteiger partial charge in [-0.25, -0.2) is 4.98 Å². The van der Waals surface area contributed by atoms with E-state index < -0.39 is 0 Å². The molecule has 0 aliphatic carbocycles. The monoisotopic (exact) mass is 269 g/mol. The van der Waals surface area contributed by atoms with E-state index in [0.717, 1.165) is 42.4 Å². The number of H-pyrrole nitrogens is 2. The van der Waals surface area contributed by atoms with Gasteiger partial charge in [0.15, 0.2) is 0 Å². The topological polar surface area (TPSA) is 71.5 Å². The summed E-state index contributed by atoms with van der Waals surface area (Å²) in [5.74, 6) is 1.58. The van der Waals surface area contributed by atoms with Gasteiger partial charge in [-0.05, 0) is 32.4 Å². The summed E-state index contributed by atoms with van der Waals surface area (Å²) in [6, 6.07) is 4.18. The lowest BCUT2D eigenvalue weighted by molar-refractivity contribution is 0.195. The van der Waals surface area contributed by atoms with Crippen LogP contribution in [0.3, 0.4) is 0 Å². The van der Waals surface area contributed by atoms with Crippen LogP contribution in [0.25, 0.3) is 0 Å².